The van der Waals surface area contributed by atoms with Crippen LogP contribution in [0.5, 0.6) is 0 Å². The first-order valence-corrected chi connectivity index (χ1v) is 9.08. The average molecular weight is 380 g/mol. The third-order valence-electron chi connectivity index (χ3n) is 4.53. The summed E-state index contributed by atoms with van der Waals surface area (Å²) in [5, 5.41) is 2.76. The highest BCUT2D eigenvalue weighted by Crippen LogP contribution is 2.19. The molecule has 6 heteroatoms. The van der Waals surface area contributed by atoms with Gasteiger partial charge in [-0.15, -0.1) is 0 Å². The molecule has 3 aromatic rings. The molecule has 0 aliphatic rings. The Kier molecular flexibility index (Phi) is 5.68. The summed E-state index contributed by atoms with van der Waals surface area (Å²) in [6, 6.07) is 11.2. The normalized spacial score (nSPS) is 10.7. The maximum absolute atomic E-state index is 12.5. The molecule has 0 saturated carbocycles. The van der Waals surface area contributed by atoms with Crippen LogP contribution in [0, 0.1) is 27.7 Å². The molecule has 0 aliphatic carbocycles. The van der Waals surface area contributed by atoms with Crippen molar-refractivity contribution in [2.24, 2.45) is 0 Å². The van der Waals surface area contributed by atoms with E-state index in [4.69, 9.17) is 9.15 Å². The van der Waals surface area contributed by atoms with Gasteiger partial charge >= 0.3 is 5.97 Å². The number of nitrogens with one attached hydrogen (secondary N) is 1. The van der Waals surface area contributed by atoms with E-state index in [1.165, 1.54) is 0 Å². The number of ether oxygens (including phenoxy) is 1. The molecule has 0 atom stereocenters. The Labute approximate surface area is 164 Å². The quantitative estimate of drug-likeness (QED) is 0.652. The molecular weight excluding hydrogens is 356 g/mol. The molecule has 0 aliphatic heterocycles. The lowest BCUT2D eigenvalue weighted by Gasteiger charge is -2.09. The predicted molar refractivity (Wildman–Crippen MR) is 107 cm³/mol. The van der Waals surface area contributed by atoms with E-state index >= 15 is 0 Å². The van der Waals surface area contributed by atoms with Crippen LogP contribution in [0.3, 0.4) is 0 Å². The van der Waals surface area contributed by atoms with Crippen LogP contribution >= 0.6 is 0 Å². The van der Waals surface area contributed by atoms with Crippen molar-refractivity contribution in [2.45, 2.75) is 34.2 Å². The van der Waals surface area contributed by atoms with Crippen LogP contribution in [0.4, 0.5) is 5.69 Å². The maximum Gasteiger partial charge on any atom is 0.340 e. The molecule has 0 radical (unpaired) electrons. The highest BCUT2D eigenvalue weighted by molar-refractivity contribution is 5.96. The summed E-state index contributed by atoms with van der Waals surface area (Å²) in [4.78, 5) is 24.6. The molecule has 1 N–H and O–H groups in total. The lowest BCUT2D eigenvalue weighted by Crippen LogP contribution is -2.21. The summed E-state index contributed by atoms with van der Waals surface area (Å²) < 4.78 is 12.6. The third-order valence-corrected chi connectivity index (χ3v) is 4.53. The van der Waals surface area contributed by atoms with Gasteiger partial charge in [-0.25, -0.2) is 4.79 Å². The predicted octanol–water partition coefficient (Wildman–Crippen LogP) is 4.16. The Morgan fingerprint density at radius 1 is 1.07 bits per heavy atom. The number of carbonyl (C=O) groups excluding carboxylic acids is 2. The highest BCUT2D eigenvalue weighted by Gasteiger charge is 2.18. The number of furan rings is 1. The number of aryl methyl sites for hydroxylation is 3. The second-order valence-electron chi connectivity index (χ2n) is 6.95. The van der Waals surface area contributed by atoms with Crippen LogP contribution in [-0.2, 0) is 16.1 Å². The zero-order chi connectivity index (χ0) is 20.3. The summed E-state index contributed by atoms with van der Waals surface area (Å²) in [6.07, 6.45) is 1.62. The summed E-state index contributed by atoms with van der Waals surface area (Å²) in [5.41, 5.74) is 4.93. The smallest absolute Gasteiger partial charge is 0.340 e. The third kappa shape index (κ3) is 4.52. The largest absolute Gasteiger partial charge is 0.467 e. The van der Waals surface area contributed by atoms with Crippen LogP contribution in [0.25, 0.3) is 0 Å². The SMILES string of the molecule is Cc1cc(C)cc(NC(=O)COC(=O)c2cc(C)n(Cc3ccco3)c2C)c1. The number of anilines is 1. The fourth-order valence-electron chi connectivity index (χ4n) is 3.26. The van der Waals surface area contributed by atoms with Gasteiger partial charge in [-0.2, -0.15) is 0 Å². The van der Waals surface area contributed by atoms with Crippen molar-refractivity contribution in [2.75, 3.05) is 11.9 Å². The fourth-order valence-corrected chi connectivity index (χ4v) is 3.26. The molecule has 0 saturated heterocycles. The number of rotatable bonds is 6. The molecule has 0 bridgehead atoms. The van der Waals surface area contributed by atoms with Gasteiger partial charge in [0, 0.05) is 17.1 Å². The van der Waals surface area contributed by atoms with Gasteiger partial charge in [-0.3, -0.25) is 4.79 Å². The molecule has 3 rings (SSSR count). The van der Waals surface area contributed by atoms with Gasteiger partial charge in [0.1, 0.15) is 5.76 Å². The van der Waals surface area contributed by atoms with E-state index in [1.807, 2.05) is 62.6 Å². The molecule has 146 valence electrons. The first kappa shape index (κ1) is 19.5. The first-order valence-electron chi connectivity index (χ1n) is 9.08. The van der Waals surface area contributed by atoms with Crippen LogP contribution in [0.2, 0.25) is 0 Å². The van der Waals surface area contributed by atoms with E-state index in [0.717, 1.165) is 28.3 Å². The van der Waals surface area contributed by atoms with Crippen molar-refractivity contribution in [3.05, 3.63) is 76.5 Å². The van der Waals surface area contributed by atoms with Crippen molar-refractivity contribution >= 4 is 17.6 Å². The van der Waals surface area contributed by atoms with Gasteiger partial charge in [-0.1, -0.05) is 6.07 Å². The molecule has 2 heterocycles. The van der Waals surface area contributed by atoms with Crippen LogP contribution in [0.1, 0.15) is 38.6 Å². The van der Waals surface area contributed by atoms with E-state index in [-0.39, 0.29) is 12.5 Å². The molecule has 6 nitrogen and oxygen atoms in total. The van der Waals surface area contributed by atoms with Crippen molar-refractivity contribution in [1.29, 1.82) is 0 Å². The lowest BCUT2D eigenvalue weighted by molar-refractivity contribution is -0.119. The Hall–Kier alpha value is -3.28. The van der Waals surface area contributed by atoms with Gasteiger partial charge < -0.3 is 19.0 Å². The number of nitrogens with zero attached hydrogens (tertiary/aromatic N) is 1. The van der Waals surface area contributed by atoms with Gasteiger partial charge in [0.2, 0.25) is 0 Å². The summed E-state index contributed by atoms with van der Waals surface area (Å²) in [5.74, 6) is -0.0911. The topological polar surface area (TPSA) is 73.5 Å². The van der Waals surface area contributed by atoms with E-state index in [2.05, 4.69) is 5.32 Å². The number of hydrogen-bond acceptors (Lipinski definition) is 4. The number of benzene rings is 1. The summed E-state index contributed by atoms with van der Waals surface area (Å²) in [7, 11) is 0. The first-order chi connectivity index (χ1) is 13.3. The monoisotopic (exact) mass is 380 g/mol. The zero-order valence-corrected chi connectivity index (χ0v) is 16.5. The molecular formula is C22H24N2O4. The Morgan fingerprint density at radius 2 is 1.79 bits per heavy atom. The van der Waals surface area contributed by atoms with Crippen LogP contribution < -0.4 is 5.32 Å². The minimum atomic E-state index is -0.519. The molecule has 0 spiro atoms. The van der Waals surface area contributed by atoms with Gasteiger partial charge in [-0.05, 0) is 69.2 Å². The van der Waals surface area contributed by atoms with Crippen LogP contribution in [0.15, 0.2) is 47.1 Å². The van der Waals surface area contributed by atoms with Crippen molar-refractivity contribution in [3.63, 3.8) is 0 Å². The van der Waals surface area contributed by atoms with Gasteiger partial charge in [0.15, 0.2) is 6.61 Å². The number of hydrogen-bond donors (Lipinski definition) is 1. The van der Waals surface area contributed by atoms with E-state index < -0.39 is 5.97 Å². The van der Waals surface area contributed by atoms with Crippen LogP contribution in [-0.4, -0.2) is 23.1 Å². The number of aromatic nitrogens is 1. The minimum Gasteiger partial charge on any atom is -0.467 e. The summed E-state index contributed by atoms with van der Waals surface area (Å²) in [6.45, 7) is 7.88. The van der Waals surface area contributed by atoms with Gasteiger partial charge in [0.05, 0.1) is 18.4 Å². The summed E-state index contributed by atoms with van der Waals surface area (Å²) >= 11 is 0. The Bertz CT molecular complexity index is 980. The molecule has 2 aromatic heterocycles. The number of carbonyl (C=O) groups is 2. The fraction of sp³-hybridized carbons (Fsp3) is 0.273. The second kappa shape index (κ2) is 8.17. The lowest BCUT2D eigenvalue weighted by atomic mass is 10.1. The minimum absolute atomic E-state index is 0.340. The second-order valence-corrected chi connectivity index (χ2v) is 6.95. The number of amides is 1. The molecule has 0 fully saturated rings. The molecule has 1 aromatic carbocycles. The number of esters is 1. The average Bonchev–Trinajstić information content (AvgIpc) is 3.22. The highest BCUT2D eigenvalue weighted by atomic mass is 16.5. The Balaban J connectivity index is 1.62. The van der Waals surface area contributed by atoms with E-state index in [9.17, 15) is 9.59 Å². The van der Waals surface area contributed by atoms with E-state index in [1.54, 1.807) is 12.3 Å². The van der Waals surface area contributed by atoms with E-state index in [0.29, 0.717) is 17.8 Å². The standard InChI is InChI=1S/C22H24N2O4/c1-14-8-15(2)10-18(9-14)23-21(25)13-28-22(26)20-11-16(3)24(17(20)4)12-19-6-5-7-27-19/h5-11H,12-13H2,1-4H3,(H,23,25). The zero-order valence-electron chi connectivity index (χ0n) is 16.5. The van der Waals surface area contributed by atoms with Crippen molar-refractivity contribution in [3.8, 4) is 0 Å². The van der Waals surface area contributed by atoms with Gasteiger partial charge in [0.25, 0.3) is 5.91 Å². The Morgan fingerprint density at radius 3 is 2.43 bits per heavy atom. The maximum atomic E-state index is 12.5. The van der Waals surface area contributed by atoms with Crippen molar-refractivity contribution in [1.82, 2.24) is 4.57 Å². The molecule has 28 heavy (non-hydrogen) atoms. The van der Waals surface area contributed by atoms with Crippen molar-refractivity contribution < 1.29 is 18.7 Å². The molecule has 1 amide bonds. The molecule has 0 unspecified atom stereocenters.